The van der Waals surface area contributed by atoms with Crippen molar-refractivity contribution in [2.45, 2.75) is 6.10 Å². The lowest BCUT2D eigenvalue weighted by atomic mass is 10.1. The fourth-order valence-corrected chi connectivity index (χ4v) is 1.03. The van der Waals surface area contributed by atoms with Gasteiger partial charge in [0.15, 0.2) is 4.67 Å². The van der Waals surface area contributed by atoms with Gasteiger partial charge in [0.1, 0.15) is 11.9 Å². The van der Waals surface area contributed by atoms with Crippen molar-refractivity contribution in [3.8, 4) is 6.07 Å². The first-order chi connectivity index (χ1) is 5.65. The molecule has 0 radical (unpaired) electrons. The summed E-state index contributed by atoms with van der Waals surface area (Å²) in [6.07, 6.45) is -1.04. The highest BCUT2D eigenvalue weighted by atomic mass is 79.9. The van der Waals surface area contributed by atoms with E-state index in [9.17, 15) is 5.11 Å². The van der Waals surface area contributed by atoms with Gasteiger partial charge in [0.2, 0.25) is 0 Å². The lowest BCUT2D eigenvalue weighted by Crippen LogP contribution is -1.96. The molecule has 0 spiro atoms. The van der Waals surface area contributed by atoms with E-state index in [1.54, 1.807) is 18.2 Å². The van der Waals surface area contributed by atoms with Crippen LogP contribution in [0.25, 0.3) is 0 Å². The Labute approximate surface area is 78.1 Å². The number of nitriles is 1. The second-order valence-corrected chi connectivity index (χ2v) is 2.96. The highest BCUT2D eigenvalue weighted by Crippen LogP contribution is 2.24. The van der Waals surface area contributed by atoms with Gasteiger partial charge >= 0.3 is 0 Å². The molecule has 0 fully saturated rings. The number of halogens is 1. The van der Waals surface area contributed by atoms with Crippen molar-refractivity contribution in [1.82, 2.24) is 0 Å². The zero-order valence-corrected chi connectivity index (χ0v) is 7.71. The predicted octanol–water partition coefficient (Wildman–Crippen LogP) is 2.16. The van der Waals surface area contributed by atoms with Crippen molar-refractivity contribution in [2.75, 3.05) is 0 Å². The van der Waals surface area contributed by atoms with Crippen LogP contribution in [0.1, 0.15) is 11.9 Å². The molecular formula is C8H6BrNO2. The molecule has 0 saturated carbocycles. The molecule has 1 N–H and O–H groups in total. The molecule has 0 amide bonds. The van der Waals surface area contributed by atoms with Gasteiger partial charge in [0, 0.05) is 0 Å². The van der Waals surface area contributed by atoms with E-state index in [1.807, 2.05) is 0 Å². The van der Waals surface area contributed by atoms with Crippen molar-refractivity contribution >= 4 is 15.9 Å². The van der Waals surface area contributed by atoms with Crippen LogP contribution in [0.15, 0.2) is 33.4 Å². The first kappa shape index (κ1) is 9.04. The molecule has 12 heavy (non-hydrogen) atoms. The SMILES string of the molecule is C=C(C#N)C(O)c1ccc(Br)o1. The lowest BCUT2D eigenvalue weighted by molar-refractivity contribution is 0.188. The number of nitrogens with zero attached hydrogens (tertiary/aromatic N) is 1. The van der Waals surface area contributed by atoms with Gasteiger partial charge in [-0.25, -0.2) is 0 Å². The first-order valence-corrected chi connectivity index (χ1v) is 3.96. The molecule has 1 aromatic heterocycles. The van der Waals surface area contributed by atoms with E-state index < -0.39 is 6.10 Å². The van der Waals surface area contributed by atoms with E-state index >= 15 is 0 Å². The molecule has 1 atom stereocenters. The smallest absolute Gasteiger partial charge is 0.169 e. The number of aliphatic hydroxyl groups is 1. The third-order valence-corrected chi connectivity index (χ3v) is 1.76. The van der Waals surface area contributed by atoms with Crippen molar-refractivity contribution in [2.24, 2.45) is 0 Å². The van der Waals surface area contributed by atoms with Crippen LogP contribution in [0.3, 0.4) is 0 Å². The highest BCUT2D eigenvalue weighted by Gasteiger charge is 2.14. The Morgan fingerprint density at radius 1 is 1.75 bits per heavy atom. The molecule has 1 heterocycles. The standard InChI is InChI=1S/C8H6BrNO2/c1-5(4-10)8(11)6-2-3-7(9)12-6/h2-3,8,11H,1H2. The van der Waals surface area contributed by atoms with Crippen molar-refractivity contribution < 1.29 is 9.52 Å². The maximum absolute atomic E-state index is 9.37. The van der Waals surface area contributed by atoms with Crippen LogP contribution >= 0.6 is 15.9 Å². The summed E-state index contributed by atoms with van der Waals surface area (Å²) >= 11 is 3.08. The Bertz CT molecular complexity index is 337. The van der Waals surface area contributed by atoms with Gasteiger partial charge in [-0.2, -0.15) is 5.26 Å². The highest BCUT2D eigenvalue weighted by molar-refractivity contribution is 9.10. The fraction of sp³-hybridized carbons (Fsp3) is 0.125. The minimum absolute atomic E-state index is 0.0665. The van der Waals surface area contributed by atoms with Gasteiger partial charge < -0.3 is 9.52 Å². The third-order valence-electron chi connectivity index (χ3n) is 1.34. The van der Waals surface area contributed by atoms with E-state index in [2.05, 4.69) is 22.5 Å². The van der Waals surface area contributed by atoms with Gasteiger partial charge in [0.25, 0.3) is 0 Å². The number of aliphatic hydroxyl groups excluding tert-OH is 1. The van der Waals surface area contributed by atoms with E-state index in [0.717, 1.165) is 0 Å². The van der Waals surface area contributed by atoms with Crippen molar-refractivity contribution in [1.29, 1.82) is 5.26 Å². The van der Waals surface area contributed by atoms with Crippen molar-refractivity contribution in [3.63, 3.8) is 0 Å². The molecule has 1 aromatic rings. The molecule has 1 unspecified atom stereocenters. The van der Waals surface area contributed by atoms with Gasteiger partial charge in [-0.1, -0.05) is 6.58 Å². The second-order valence-electron chi connectivity index (χ2n) is 2.18. The summed E-state index contributed by atoms with van der Waals surface area (Å²) < 4.78 is 5.54. The fourth-order valence-electron chi connectivity index (χ4n) is 0.708. The number of hydrogen-bond donors (Lipinski definition) is 1. The quantitative estimate of drug-likeness (QED) is 0.789. The summed E-state index contributed by atoms with van der Waals surface area (Å²) in [7, 11) is 0. The third kappa shape index (κ3) is 1.76. The second kappa shape index (κ2) is 3.57. The first-order valence-electron chi connectivity index (χ1n) is 3.17. The van der Waals surface area contributed by atoms with Gasteiger partial charge in [0.05, 0.1) is 11.6 Å². The van der Waals surface area contributed by atoms with Crippen LogP contribution in [0, 0.1) is 11.3 Å². The zero-order chi connectivity index (χ0) is 9.14. The Kier molecular flexibility index (Phi) is 2.69. The van der Waals surface area contributed by atoms with Crippen LogP contribution in [0.5, 0.6) is 0 Å². The molecule has 62 valence electrons. The van der Waals surface area contributed by atoms with Gasteiger partial charge in [-0.3, -0.25) is 0 Å². The van der Waals surface area contributed by atoms with Crippen LogP contribution in [-0.2, 0) is 0 Å². The van der Waals surface area contributed by atoms with E-state index in [4.69, 9.17) is 9.68 Å². The summed E-state index contributed by atoms with van der Waals surface area (Å²) in [4.78, 5) is 0. The van der Waals surface area contributed by atoms with Crippen LogP contribution < -0.4 is 0 Å². The van der Waals surface area contributed by atoms with Crippen LogP contribution in [-0.4, -0.2) is 5.11 Å². The lowest BCUT2D eigenvalue weighted by Gasteiger charge is -2.02. The molecular weight excluding hydrogens is 222 g/mol. The molecule has 0 aliphatic heterocycles. The number of hydrogen-bond acceptors (Lipinski definition) is 3. The Morgan fingerprint density at radius 2 is 2.42 bits per heavy atom. The average molecular weight is 228 g/mol. The van der Waals surface area contributed by atoms with Crippen LogP contribution in [0.2, 0.25) is 0 Å². The molecule has 0 aliphatic carbocycles. The molecule has 3 nitrogen and oxygen atoms in total. The Balaban J connectivity index is 2.86. The maximum Gasteiger partial charge on any atom is 0.169 e. The largest absolute Gasteiger partial charge is 0.451 e. The topological polar surface area (TPSA) is 57.2 Å². The van der Waals surface area contributed by atoms with E-state index in [-0.39, 0.29) is 5.57 Å². The molecule has 1 rings (SSSR count). The average Bonchev–Trinajstić information content (AvgIpc) is 2.49. The molecule has 0 aromatic carbocycles. The summed E-state index contributed by atoms with van der Waals surface area (Å²) in [5, 5.41) is 17.8. The monoisotopic (exact) mass is 227 g/mol. The summed E-state index contributed by atoms with van der Waals surface area (Å²) in [5.41, 5.74) is 0.0665. The van der Waals surface area contributed by atoms with Crippen LogP contribution in [0.4, 0.5) is 0 Å². The predicted molar refractivity (Wildman–Crippen MR) is 46.1 cm³/mol. The summed E-state index contributed by atoms with van der Waals surface area (Å²) in [6, 6.07) is 4.98. The molecule has 0 aliphatic rings. The molecule has 4 heteroatoms. The zero-order valence-electron chi connectivity index (χ0n) is 6.12. The molecule has 0 bridgehead atoms. The van der Waals surface area contributed by atoms with Gasteiger partial charge in [-0.15, -0.1) is 0 Å². The van der Waals surface area contributed by atoms with E-state index in [0.29, 0.717) is 10.4 Å². The summed E-state index contributed by atoms with van der Waals surface area (Å²) in [5.74, 6) is 0.313. The number of rotatable bonds is 2. The summed E-state index contributed by atoms with van der Waals surface area (Å²) in [6.45, 7) is 3.37. The minimum atomic E-state index is -1.04. The molecule has 0 saturated heterocycles. The van der Waals surface area contributed by atoms with Crippen molar-refractivity contribution in [3.05, 3.63) is 34.7 Å². The Hall–Kier alpha value is -1.05. The normalized spacial score (nSPS) is 12.1. The van der Waals surface area contributed by atoms with Gasteiger partial charge in [-0.05, 0) is 28.1 Å². The Morgan fingerprint density at radius 3 is 2.83 bits per heavy atom. The van der Waals surface area contributed by atoms with E-state index in [1.165, 1.54) is 0 Å². The maximum atomic E-state index is 9.37. The minimum Gasteiger partial charge on any atom is -0.451 e. The number of furan rings is 1.